The first-order valence-electron chi connectivity index (χ1n) is 11.5. The Morgan fingerprint density at radius 3 is 2.29 bits per heavy atom. The maximum atomic E-state index is 13.1. The van der Waals surface area contributed by atoms with E-state index in [4.69, 9.17) is 0 Å². The van der Waals surface area contributed by atoms with E-state index in [2.05, 4.69) is 15.3 Å². The average Bonchev–Trinajstić information content (AvgIpc) is 3.11. The number of rotatable bonds is 11. The van der Waals surface area contributed by atoms with Crippen molar-refractivity contribution in [3.8, 4) is 11.4 Å². The largest absolute Gasteiger partial charge is 0.505 e. The molecule has 0 bridgehead atoms. The van der Waals surface area contributed by atoms with Crippen LogP contribution in [-0.2, 0) is 10.0 Å². The van der Waals surface area contributed by atoms with Gasteiger partial charge < -0.3 is 5.11 Å². The van der Waals surface area contributed by atoms with Gasteiger partial charge in [0.1, 0.15) is 11.4 Å². The van der Waals surface area contributed by atoms with Gasteiger partial charge in [-0.2, -0.15) is 4.31 Å². The Morgan fingerprint density at radius 2 is 1.71 bits per heavy atom. The van der Waals surface area contributed by atoms with Gasteiger partial charge in [-0.25, -0.2) is 13.1 Å². The lowest BCUT2D eigenvalue weighted by Crippen LogP contribution is -2.60. The molecule has 2 aromatic carbocycles. The summed E-state index contributed by atoms with van der Waals surface area (Å²) in [5.74, 6) is -0.295. The summed E-state index contributed by atoms with van der Waals surface area (Å²) < 4.78 is 29.1. The van der Waals surface area contributed by atoms with E-state index in [9.17, 15) is 18.3 Å². The van der Waals surface area contributed by atoms with Crippen molar-refractivity contribution in [3.63, 3.8) is 0 Å². The molecular weight excluding hydrogens is 454 g/mol. The average molecular weight is 487 g/mol. The van der Waals surface area contributed by atoms with Crippen LogP contribution in [0.1, 0.15) is 45.2 Å². The lowest BCUT2D eigenvalue weighted by Gasteiger charge is -2.22. The molecule has 3 N–H and O–H groups in total. The molecule has 0 fully saturated rings. The monoisotopic (exact) mass is 486 g/mol. The Kier molecular flexibility index (Phi) is 8.41. The summed E-state index contributed by atoms with van der Waals surface area (Å²) >= 11 is 0. The molecule has 1 heterocycles. The number of H-pyrrole nitrogens is 1. The van der Waals surface area contributed by atoms with Gasteiger partial charge in [-0.15, -0.1) is 0 Å². The number of sulfonamides is 1. The number of aromatic hydroxyl groups is 1. The van der Waals surface area contributed by atoms with E-state index in [-0.39, 0.29) is 27.6 Å². The number of aryl methyl sites for hydroxylation is 1. The van der Waals surface area contributed by atoms with Crippen LogP contribution in [-0.4, -0.2) is 40.7 Å². The van der Waals surface area contributed by atoms with Gasteiger partial charge >= 0.3 is 11.2 Å². The SMILES string of the molecule is CCCCN(CCCC)S(=O)(=O)c1ccc(N=[NH+]c2c(C)[nH]n(-c3ccccc3)c2=O)c(O)c1. The number of azo groups is 1. The molecule has 34 heavy (non-hydrogen) atoms. The molecule has 3 rings (SSSR count). The fourth-order valence-corrected chi connectivity index (χ4v) is 5.02. The molecule has 9 nitrogen and oxygen atoms in total. The maximum absolute atomic E-state index is 13.1. The van der Waals surface area contributed by atoms with Crippen LogP contribution in [0.5, 0.6) is 5.75 Å². The van der Waals surface area contributed by atoms with Crippen molar-refractivity contribution < 1.29 is 18.6 Å². The Labute approximate surface area is 199 Å². The minimum absolute atomic E-state index is 0.0143. The Bertz CT molecular complexity index is 1290. The summed E-state index contributed by atoms with van der Waals surface area (Å²) in [6, 6.07) is 13.2. The third-order valence-electron chi connectivity index (χ3n) is 5.48. The van der Waals surface area contributed by atoms with Crippen LogP contribution in [0.3, 0.4) is 0 Å². The highest BCUT2D eigenvalue weighted by Gasteiger charge is 2.25. The second kappa shape index (κ2) is 11.3. The van der Waals surface area contributed by atoms with E-state index in [0.29, 0.717) is 24.5 Å². The number of aromatic nitrogens is 2. The van der Waals surface area contributed by atoms with E-state index >= 15 is 0 Å². The summed E-state index contributed by atoms with van der Waals surface area (Å²) in [5, 5.41) is 20.3. The molecule has 0 aliphatic rings. The number of benzene rings is 2. The number of nitrogens with zero attached hydrogens (tertiary/aromatic N) is 3. The first kappa shape index (κ1) is 25.4. The fourth-order valence-electron chi connectivity index (χ4n) is 3.48. The molecule has 3 aromatic rings. The maximum Gasteiger partial charge on any atom is 0.345 e. The summed E-state index contributed by atoms with van der Waals surface area (Å²) in [6.45, 7) is 6.64. The molecular formula is C24H32N5O4S+. The Morgan fingerprint density at radius 1 is 1.06 bits per heavy atom. The van der Waals surface area contributed by atoms with Crippen molar-refractivity contribution in [1.82, 2.24) is 14.1 Å². The summed E-state index contributed by atoms with van der Waals surface area (Å²) in [6.07, 6.45) is 3.31. The molecule has 0 aliphatic carbocycles. The second-order valence-electron chi connectivity index (χ2n) is 8.07. The van der Waals surface area contributed by atoms with Crippen LogP contribution < -0.4 is 10.7 Å². The molecule has 10 heteroatoms. The van der Waals surface area contributed by atoms with Crippen LogP contribution >= 0.6 is 0 Å². The van der Waals surface area contributed by atoms with Crippen molar-refractivity contribution in [2.24, 2.45) is 5.11 Å². The molecule has 0 radical (unpaired) electrons. The number of para-hydroxylation sites is 1. The number of hydrogen-bond donors (Lipinski definition) is 3. The molecule has 0 saturated heterocycles. The third kappa shape index (κ3) is 5.63. The number of hydrogen-bond acceptors (Lipinski definition) is 5. The summed E-state index contributed by atoms with van der Waals surface area (Å²) in [5.41, 5.74) is 1.27. The van der Waals surface area contributed by atoms with Gasteiger partial charge in [0.2, 0.25) is 10.0 Å². The minimum atomic E-state index is -3.74. The zero-order chi connectivity index (χ0) is 24.7. The highest BCUT2D eigenvalue weighted by Crippen LogP contribution is 2.29. The molecule has 1 aromatic heterocycles. The fraction of sp³-hybridized carbons (Fsp3) is 0.375. The van der Waals surface area contributed by atoms with E-state index in [1.54, 1.807) is 19.1 Å². The number of aromatic amines is 1. The standard InChI is InChI=1S/C24H31N5O4S/c1-4-6-15-28(16-7-5-2)34(32,33)20-13-14-21(22(30)17-20)25-26-23-18(3)27-29(24(23)31)19-11-9-8-10-12-19/h8-14,17,27,30H,4-7,15-16H2,1-3H3/p+1. The normalized spacial score (nSPS) is 12.1. The van der Waals surface area contributed by atoms with Gasteiger partial charge in [0.15, 0.2) is 5.69 Å². The van der Waals surface area contributed by atoms with Gasteiger partial charge in [0, 0.05) is 24.3 Å². The summed E-state index contributed by atoms with van der Waals surface area (Å²) in [7, 11) is -3.74. The number of unbranched alkanes of at least 4 members (excludes halogenated alkanes) is 2. The van der Waals surface area contributed by atoms with Crippen molar-refractivity contribution in [3.05, 3.63) is 64.6 Å². The zero-order valence-electron chi connectivity index (χ0n) is 19.8. The van der Waals surface area contributed by atoms with Crippen LogP contribution in [0.25, 0.3) is 5.69 Å². The van der Waals surface area contributed by atoms with Crippen LogP contribution in [0.2, 0.25) is 0 Å². The Hall–Kier alpha value is -3.24. The van der Waals surface area contributed by atoms with Gasteiger partial charge in [-0.1, -0.05) is 50.0 Å². The smallest absolute Gasteiger partial charge is 0.345 e. The molecule has 0 aliphatic heterocycles. The van der Waals surface area contributed by atoms with Crippen LogP contribution in [0.15, 0.2) is 63.3 Å². The van der Waals surface area contributed by atoms with Crippen molar-refractivity contribution in [2.45, 2.75) is 51.3 Å². The second-order valence-corrected chi connectivity index (χ2v) is 10.0. The van der Waals surface area contributed by atoms with E-state index in [1.807, 2.05) is 32.0 Å². The predicted octanol–water partition coefficient (Wildman–Crippen LogP) is 3.27. The minimum Gasteiger partial charge on any atom is -0.505 e. The first-order chi connectivity index (χ1) is 16.3. The molecule has 0 unspecified atom stereocenters. The van der Waals surface area contributed by atoms with Crippen molar-refractivity contribution >= 4 is 21.4 Å². The predicted molar refractivity (Wildman–Crippen MR) is 131 cm³/mol. The lowest BCUT2D eigenvalue weighted by atomic mass is 10.3. The molecule has 0 saturated carbocycles. The topological polar surface area (TPSA) is 122 Å². The van der Waals surface area contributed by atoms with E-state index in [1.165, 1.54) is 27.2 Å². The molecule has 0 spiro atoms. The van der Waals surface area contributed by atoms with E-state index in [0.717, 1.165) is 25.7 Å². The van der Waals surface area contributed by atoms with Gasteiger partial charge in [-0.3, -0.25) is 9.89 Å². The highest BCUT2D eigenvalue weighted by molar-refractivity contribution is 7.89. The van der Waals surface area contributed by atoms with Crippen LogP contribution in [0.4, 0.5) is 11.4 Å². The summed E-state index contributed by atoms with van der Waals surface area (Å²) in [4.78, 5) is 12.8. The molecule has 0 atom stereocenters. The first-order valence-corrected chi connectivity index (χ1v) is 12.9. The zero-order valence-corrected chi connectivity index (χ0v) is 20.6. The highest BCUT2D eigenvalue weighted by atomic mass is 32.2. The third-order valence-corrected chi connectivity index (χ3v) is 7.38. The molecule has 0 amide bonds. The Balaban J connectivity index is 1.87. The number of phenolic OH excluding ortho intramolecular Hbond substituents is 1. The van der Waals surface area contributed by atoms with Gasteiger partial charge in [-0.05, 0) is 44.0 Å². The van der Waals surface area contributed by atoms with Crippen molar-refractivity contribution in [2.75, 3.05) is 13.1 Å². The molecule has 182 valence electrons. The quantitative estimate of drug-likeness (QED) is 0.360. The van der Waals surface area contributed by atoms with Crippen LogP contribution in [0, 0.1) is 6.92 Å². The number of phenols is 1. The lowest BCUT2D eigenvalue weighted by molar-refractivity contribution is -0.435. The number of nitrogens with one attached hydrogen (secondary N) is 2. The van der Waals surface area contributed by atoms with Gasteiger partial charge in [0.25, 0.3) is 0 Å². The van der Waals surface area contributed by atoms with Crippen molar-refractivity contribution in [1.29, 1.82) is 0 Å². The van der Waals surface area contributed by atoms with E-state index < -0.39 is 10.0 Å². The van der Waals surface area contributed by atoms with Gasteiger partial charge in [0.05, 0.1) is 10.6 Å².